The lowest BCUT2D eigenvalue weighted by Crippen LogP contribution is -2.31. The molecule has 8 nitrogen and oxygen atoms in total. The fourth-order valence-electron chi connectivity index (χ4n) is 3.56. The Morgan fingerprint density at radius 1 is 1.00 bits per heavy atom. The molecule has 2 heterocycles. The van der Waals surface area contributed by atoms with Crippen molar-refractivity contribution >= 4 is 46.2 Å². The maximum absolute atomic E-state index is 12.4. The molecule has 1 aliphatic heterocycles. The van der Waals surface area contributed by atoms with Gasteiger partial charge in [0.2, 0.25) is 0 Å². The predicted octanol–water partition coefficient (Wildman–Crippen LogP) is 4.95. The van der Waals surface area contributed by atoms with Gasteiger partial charge in [-0.1, -0.05) is 29.3 Å². The smallest absolute Gasteiger partial charge is 0.407 e. The van der Waals surface area contributed by atoms with Crippen molar-refractivity contribution in [2.45, 2.75) is 64.6 Å². The van der Waals surface area contributed by atoms with Gasteiger partial charge in [-0.3, -0.25) is 4.21 Å². The summed E-state index contributed by atoms with van der Waals surface area (Å²) in [6.07, 6.45) is -1.13. The van der Waals surface area contributed by atoms with Gasteiger partial charge in [-0.25, -0.2) is 9.59 Å². The first kappa shape index (κ1) is 25.4. The quantitative estimate of drug-likeness (QED) is 0.543. The monoisotopic (exact) mass is 515 g/mol. The highest BCUT2D eigenvalue weighted by Crippen LogP contribution is 2.39. The Labute approximate surface area is 205 Å². The SMILES string of the molecule is CC(C)NC(=O)OCc1c(COC(=O)NC(C)C)c(-c2ccc(Cl)c(Cl)c2)n2c1C[S@@](=O)C2. The van der Waals surface area contributed by atoms with Gasteiger partial charge < -0.3 is 24.7 Å². The maximum Gasteiger partial charge on any atom is 0.407 e. The number of carbonyl (C=O) groups is 2. The van der Waals surface area contributed by atoms with E-state index in [2.05, 4.69) is 10.6 Å². The molecule has 0 spiro atoms. The molecular weight excluding hydrogens is 489 g/mol. The summed E-state index contributed by atoms with van der Waals surface area (Å²) in [6.45, 7) is 7.20. The topological polar surface area (TPSA) is 98.7 Å². The number of amides is 2. The predicted molar refractivity (Wildman–Crippen MR) is 129 cm³/mol. The molecule has 2 N–H and O–H groups in total. The number of hydrogen-bond donors (Lipinski definition) is 2. The summed E-state index contributed by atoms with van der Waals surface area (Å²) < 4.78 is 25.3. The summed E-state index contributed by atoms with van der Waals surface area (Å²) in [4.78, 5) is 24.3. The first-order chi connectivity index (χ1) is 15.6. The second-order valence-electron chi connectivity index (χ2n) is 8.27. The van der Waals surface area contributed by atoms with E-state index in [9.17, 15) is 13.8 Å². The van der Waals surface area contributed by atoms with Gasteiger partial charge in [0.15, 0.2) is 0 Å². The number of halogens is 2. The second kappa shape index (κ2) is 10.8. The van der Waals surface area contributed by atoms with E-state index in [4.69, 9.17) is 32.7 Å². The third kappa shape index (κ3) is 6.22. The number of ether oxygens (including phenoxy) is 2. The molecule has 11 heteroatoms. The highest BCUT2D eigenvalue weighted by Gasteiger charge is 2.31. The van der Waals surface area contributed by atoms with Crippen LogP contribution >= 0.6 is 23.2 Å². The Morgan fingerprint density at radius 3 is 2.12 bits per heavy atom. The van der Waals surface area contributed by atoms with Crippen LogP contribution in [0.15, 0.2) is 18.2 Å². The summed E-state index contributed by atoms with van der Waals surface area (Å²) in [5.74, 6) is 0.575. The molecule has 3 rings (SSSR count). The van der Waals surface area contributed by atoms with Crippen molar-refractivity contribution in [1.29, 1.82) is 0 Å². The van der Waals surface area contributed by atoms with Gasteiger partial charge in [-0.2, -0.15) is 0 Å². The van der Waals surface area contributed by atoms with Crippen molar-refractivity contribution in [2.24, 2.45) is 0 Å². The van der Waals surface area contributed by atoms with E-state index in [1.165, 1.54) is 0 Å². The normalized spacial score (nSPS) is 15.0. The Kier molecular flexibility index (Phi) is 8.31. The molecule has 0 bridgehead atoms. The van der Waals surface area contributed by atoms with Crippen LogP contribution < -0.4 is 10.6 Å². The van der Waals surface area contributed by atoms with Crippen LogP contribution in [0.4, 0.5) is 9.59 Å². The Hall–Kier alpha value is -2.23. The van der Waals surface area contributed by atoms with Crippen molar-refractivity contribution in [3.8, 4) is 11.3 Å². The van der Waals surface area contributed by atoms with Crippen molar-refractivity contribution < 1.29 is 23.3 Å². The number of nitrogens with zero attached hydrogens (tertiary/aromatic N) is 1. The summed E-state index contributed by atoms with van der Waals surface area (Å²) in [6, 6.07) is 5.01. The van der Waals surface area contributed by atoms with Crippen LogP contribution in [0, 0.1) is 0 Å². The summed E-state index contributed by atoms with van der Waals surface area (Å²) in [5, 5.41) is 6.13. The summed E-state index contributed by atoms with van der Waals surface area (Å²) in [5.41, 5.74) is 3.53. The van der Waals surface area contributed by atoms with Crippen molar-refractivity contribution in [3.63, 3.8) is 0 Å². The van der Waals surface area contributed by atoms with Crippen LogP contribution in [0.5, 0.6) is 0 Å². The number of carbonyl (C=O) groups excluding carboxylic acids is 2. The van der Waals surface area contributed by atoms with Gasteiger partial charge in [0.25, 0.3) is 0 Å². The maximum atomic E-state index is 12.4. The lowest BCUT2D eigenvalue weighted by Gasteiger charge is -2.14. The van der Waals surface area contributed by atoms with Gasteiger partial charge in [-0.15, -0.1) is 0 Å². The van der Waals surface area contributed by atoms with E-state index in [1.54, 1.807) is 18.2 Å². The van der Waals surface area contributed by atoms with E-state index in [0.29, 0.717) is 32.6 Å². The van der Waals surface area contributed by atoms with E-state index >= 15 is 0 Å². The van der Waals surface area contributed by atoms with Gasteiger partial charge in [0.05, 0.1) is 27.4 Å². The molecule has 0 aliphatic carbocycles. The standard InChI is InChI=1S/C22H27Cl2N3O5S/c1-12(2)25-21(28)31-8-15-16(9-32-22(29)26-13(3)4)20(27-11-33(30)10-19(15)27)14-5-6-17(23)18(24)7-14/h5-7,12-13H,8-11H2,1-4H3,(H,25,28)(H,26,29)/t33-/m1/s1. The van der Waals surface area contributed by atoms with Gasteiger partial charge >= 0.3 is 12.2 Å². The van der Waals surface area contributed by atoms with Crippen LogP contribution in [0.1, 0.15) is 44.5 Å². The van der Waals surface area contributed by atoms with Crippen molar-refractivity contribution in [3.05, 3.63) is 45.1 Å². The Balaban J connectivity index is 2.04. The average molecular weight is 516 g/mol. The van der Waals surface area contributed by atoms with Gasteiger partial charge in [-0.05, 0) is 39.8 Å². The first-order valence-electron chi connectivity index (χ1n) is 10.5. The number of benzene rings is 1. The first-order valence-corrected chi connectivity index (χ1v) is 12.7. The van der Waals surface area contributed by atoms with E-state index < -0.39 is 23.0 Å². The Morgan fingerprint density at radius 2 is 1.58 bits per heavy atom. The third-order valence-corrected chi connectivity index (χ3v) is 6.75. The summed E-state index contributed by atoms with van der Waals surface area (Å²) >= 11 is 12.4. The van der Waals surface area contributed by atoms with Crippen LogP contribution in [0.2, 0.25) is 10.0 Å². The minimum absolute atomic E-state index is 0.0586. The molecule has 2 aromatic rings. The van der Waals surface area contributed by atoms with Gasteiger partial charge in [0, 0.05) is 45.3 Å². The molecule has 1 aliphatic rings. The molecule has 2 amide bonds. The van der Waals surface area contributed by atoms with Crippen molar-refractivity contribution in [1.82, 2.24) is 15.2 Å². The number of aromatic nitrogens is 1. The molecular formula is C22H27Cl2N3O5S. The van der Waals surface area contributed by atoms with Crippen LogP contribution in [0.25, 0.3) is 11.3 Å². The number of fused-ring (bicyclic) bond motifs is 1. The lowest BCUT2D eigenvalue weighted by atomic mass is 10.0. The highest BCUT2D eigenvalue weighted by molar-refractivity contribution is 7.83. The highest BCUT2D eigenvalue weighted by atomic mass is 35.5. The second-order valence-corrected chi connectivity index (χ2v) is 10.5. The third-order valence-electron chi connectivity index (χ3n) is 4.87. The van der Waals surface area contributed by atoms with E-state index in [-0.39, 0.29) is 31.2 Å². The zero-order valence-electron chi connectivity index (χ0n) is 18.9. The lowest BCUT2D eigenvalue weighted by molar-refractivity contribution is 0.129. The minimum atomic E-state index is -1.12. The fourth-order valence-corrected chi connectivity index (χ4v) is 5.15. The molecule has 33 heavy (non-hydrogen) atoms. The summed E-state index contributed by atoms with van der Waals surface area (Å²) in [7, 11) is -1.12. The molecule has 0 saturated heterocycles. The zero-order chi connectivity index (χ0) is 24.3. The van der Waals surface area contributed by atoms with Gasteiger partial charge in [0.1, 0.15) is 13.2 Å². The van der Waals surface area contributed by atoms with E-state index in [1.807, 2.05) is 32.3 Å². The number of nitrogens with one attached hydrogen (secondary N) is 2. The minimum Gasteiger partial charge on any atom is -0.445 e. The van der Waals surface area contributed by atoms with Crippen LogP contribution in [-0.4, -0.2) is 33.0 Å². The van der Waals surface area contributed by atoms with Crippen LogP contribution in [0.3, 0.4) is 0 Å². The molecule has 0 fully saturated rings. The fraction of sp³-hybridized carbons (Fsp3) is 0.455. The molecule has 0 radical (unpaired) electrons. The average Bonchev–Trinajstić information content (AvgIpc) is 3.20. The molecule has 1 aromatic carbocycles. The number of hydrogen-bond acceptors (Lipinski definition) is 5. The van der Waals surface area contributed by atoms with Crippen molar-refractivity contribution in [2.75, 3.05) is 0 Å². The van der Waals surface area contributed by atoms with E-state index in [0.717, 1.165) is 11.3 Å². The Bertz CT molecular complexity index is 1080. The zero-order valence-corrected chi connectivity index (χ0v) is 21.2. The molecule has 180 valence electrons. The molecule has 0 unspecified atom stereocenters. The molecule has 1 aromatic heterocycles. The molecule has 1 atom stereocenters. The molecule has 0 saturated carbocycles. The number of rotatable bonds is 7. The van der Waals surface area contributed by atoms with Crippen LogP contribution in [-0.2, 0) is 45.1 Å². The largest absolute Gasteiger partial charge is 0.445 e. The number of alkyl carbamates (subject to hydrolysis) is 2.